The van der Waals surface area contributed by atoms with E-state index in [9.17, 15) is 4.39 Å². The number of ether oxygens (including phenoxy) is 2. The summed E-state index contributed by atoms with van der Waals surface area (Å²) in [7, 11) is 2.99. The molecule has 0 aliphatic rings. The lowest BCUT2D eigenvalue weighted by molar-refractivity contribution is 0.351. The van der Waals surface area contributed by atoms with Crippen molar-refractivity contribution < 1.29 is 13.9 Å². The molecule has 0 fully saturated rings. The number of hydrogen-bond acceptors (Lipinski definition) is 3. The van der Waals surface area contributed by atoms with Gasteiger partial charge in [-0.05, 0) is 31.5 Å². The second kappa shape index (κ2) is 6.02. The van der Waals surface area contributed by atoms with Crippen LogP contribution in [0.15, 0.2) is 18.2 Å². The van der Waals surface area contributed by atoms with Crippen LogP contribution >= 0.6 is 22.9 Å². The van der Waals surface area contributed by atoms with E-state index in [2.05, 4.69) is 0 Å². The molecule has 1 unspecified atom stereocenters. The van der Waals surface area contributed by atoms with E-state index in [1.165, 1.54) is 25.2 Å². The molecule has 1 aromatic heterocycles. The average Bonchev–Trinajstić information content (AvgIpc) is 2.77. The predicted molar refractivity (Wildman–Crippen MR) is 81.0 cm³/mol. The lowest BCUT2D eigenvalue weighted by atomic mass is 10.1. The molecule has 0 saturated heterocycles. The zero-order chi connectivity index (χ0) is 14.9. The minimum Gasteiger partial charge on any atom is -0.493 e. The van der Waals surface area contributed by atoms with Crippen LogP contribution in [0.5, 0.6) is 11.5 Å². The van der Waals surface area contributed by atoms with Gasteiger partial charge in [-0.15, -0.1) is 22.9 Å². The highest BCUT2D eigenvalue weighted by Gasteiger charge is 2.21. The van der Waals surface area contributed by atoms with E-state index in [-0.39, 0.29) is 0 Å². The van der Waals surface area contributed by atoms with Gasteiger partial charge in [0.1, 0.15) is 5.82 Å². The topological polar surface area (TPSA) is 18.5 Å². The number of halogens is 2. The van der Waals surface area contributed by atoms with E-state index < -0.39 is 11.2 Å². The number of methoxy groups -OCH3 is 2. The molecule has 0 saturated carbocycles. The summed E-state index contributed by atoms with van der Waals surface area (Å²) < 4.78 is 24.5. The van der Waals surface area contributed by atoms with Crippen molar-refractivity contribution in [1.29, 1.82) is 0 Å². The van der Waals surface area contributed by atoms with Crippen LogP contribution in [0.2, 0.25) is 0 Å². The van der Waals surface area contributed by atoms with Gasteiger partial charge < -0.3 is 9.47 Å². The Morgan fingerprint density at radius 2 is 1.70 bits per heavy atom. The summed E-state index contributed by atoms with van der Waals surface area (Å²) in [5.41, 5.74) is 1.56. The number of aryl methyl sites for hydroxylation is 2. The molecule has 1 heterocycles. The molecule has 5 heteroatoms. The second-order valence-electron chi connectivity index (χ2n) is 4.48. The number of thiophene rings is 1. The summed E-state index contributed by atoms with van der Waals surface area (Å²) >= 11 is 8.00. The van der Waals surface area contributed by atoms with Gasteiger partial charge >= 0.3 is 0 Å². The molecule has 0 N–H and O–H groups in total. The minimum absolute atomic E-state index is 0.358. The van der Waals surface area contributed by atoms with Gasteiger partial charge in [0, 0.05) is 21.4 Å². The SMILES string of the molecule is COc1cc(F)c(C(Cl)c2cc(C)c(C)s2)cc1OC. The Bertz CT molecular complexity index is 605. The molecule has 1 aromatic carbocycles. The van der Waals surface area contributed by atoms with Gasteiger partial charge in [0.2, 0.25) is 0 Å². The van der Waals surface area contributed by atoms with Gasteiger partial charge in [-0.2, -0.15) is 0 Å². The summed E-state index contributed by atoms with van der Waals surface area (Å²) in [6.07, 6.45) is 0. The van der Waals surface area contributed by atoms with Gasteiger partial charge in [-0.25, -0.2) is 4.39 Å². The van der Waals surface area contributed by atoms with Gasteiger partial charge in [0.25, 0.3) is 0 Å². The zero-order valence-electron chi connectivity index (χ0n) is 11.8. The van der Waals surface area contributed by atoms with Crippen LogP contribution in [0.25, 0.3) is 0 Å². The standard InChI is InChI=1S/C15H16ClFO2S/c1-8-5-14(20-9(8)2)15(16)10-6-12(18-3)13(19-4)7-11(10)17/h5-7,15H,1-4H3. The highest BCUT2D eigenvalue weighted by molar-refractivity contribution is 7.12. The molecule has 0 amide bonds. The van der Waals surface area contributed by atoms with Crippen LogP contribution in [0.3, 0.4) is 0 Å². The lowest BCUT2D eigenvalue weighted by Crippen LogP contribution is -1.99. The molecule has 0 aliphatic heterocycles. The summed E-state index contributed by atoms with van der Waals surface area (Å²) in [6.45, 7) is 4.04. The molecule has 0 spiro atoms. The van der Waals surface area contributed by atoms with Crippen molar-refractivity contribution in [2.24, 2.45) is 0 Å². The van der Waals surface area contributed by atoms with Crippen LogP contribution in [0.4, 0.5) is 4.39 Å². The van der Waals surface area contributed by atoms with Crippen molar-refractivity contribution in [1.82, 2.24) is 0 Å². The summed E-state index contributed by atoms with van der Waals surface area (Å²) in [5, 5.41) is -0.535. The third kappa shape index (κ3) is 2.76. The third-order valence-electron chi connectivity index (χ3n) is 3.21. The van der Waals surface area contributed by atoms with Crippen molar-refractivity contribution in [3.63, 3.8) is 0 Å². The second-order valence-corrected chi connectivity index (χ2v) is 6.20. The molecule has 0 radical (unpaired) electrons. The van der Waals surface area contributed by atoms with Crippen LogP contribution in [0.1, 0.15) is 26.3 Å². The van der Waals surface area contributed by atoms with Crippen LogP contribution in [-0.4, -0.2) is 14.2 Å². The Labute approximate surface area is 127 Å². The maximum Gasteiger partial charge on any atom is 0.163 e. The average molecular weight is 315 g/mol. The molecule has 1 atom stereocenters. The summed E-state index contributed by atoms with van der Waals surface area (Å²) in [6, 6.07) is 4.89. The van der Waals surface area contributed by atoms with Crippen LogP contribution in [0, 0.1) is 19.7 Å². The van der Waals surface area contributed by atoms with Gasteiger partial charge in [-0.3, -0.25) is 0 Å². The largest absolute Gasteiger partial charge is 0.493 e. The molecule has 2 rings (SSSR count). The van der Waals surface area contributed by atoms with Gasteiger partial charge in [0.05, 0.1) is 19.6 Å². The smallest absolute Gasteiger partial charge is 0.163 e. The monoisotopic (exact) mass is 314 g/mol. The minimum atomic E-state index is -0.535. The van der Waals surface area contributed by atoms with Crippen LogP contribution in [-0.2, 0) is 0 Å². The fraction of sp³-hybridized carbons (Fsp3) is 0.333. The highest BCUT2D eigenvalue weighted by atomic mass is 35.5. The first kappa shape index (κ1) is 15.1. The fourth-order valence-corrected chi connectivity index (χ4v) is 3.35. The number of benzene rings is 1. The number of alkyl halides is 1. The van der Waals surface area contributed by atoms with E-state index in [1.807, 2.05) is 19.9 Å². The Morgan fingerprint density at radius 3 is 2.20 bits per heavy atom. The first-order valence-electron chi connectivity index (χ1n) is 6.10. The molecule has 0 aliphatic carbocycles. The molecule has 2 aromatic rings. The van der Waals surface area contributed by atoms with Crippen molar-refractivity contribution in [3.05, 3.63) is 44.9 Å². The third-order valence-corrected chi connectivity index (χ3v) is 5.03. The lowest BCUT2D eigenvalue weighted by Gasteiger charge is -2.13. The maximum atomic E-state index is 14.2. The maximum absolute atomic E-state index is 14.2. The van der Waals surface area contributed by atoms with Crippen molar-refractivity contribution in [2.75, 3.05) is 14.2 Å². The molecular formula is C15H16ClFO2S. The van der Waals surface area contributed by atoms with E-state index >= 15 is 0 Å². The predicted octanol–water partition coefficient (Wildman–Crippen LogP) is 4.85. The Balaban J connectivity index is 2.46. The fourth-order valence-electron chi connectivity index (χ4n) is 1.94. The quantitative estimate of drug-likeness (QED) is 0.751. The molecule has 108 valence electrons. The number of rotatable bonds is 4. The summed E-state index contributed by atoms with van der Waals surface area (Å²) in [5.74, 6) is 0.432. The summed E-state index contributed by atoms with van der Waals surface area (Å²) in [4.78, 5) is 2.11. The van der Waals surface area contributed by atoms with E-state index in [1.54, 1.807) is 17.4 Å². The van der Waals surface area contributed by atoms with Crippen molar-refractivity contribution in [2.45, 2.75) is 19.2 Å². The molecule has 20 heavy (non-hydrogen) atoms. The molecule has 0 bridgehead atoms. The molecular weight excluding hydrogens is 299 g/mol. The van der Waals surface area contributed by atoms with Crippen LogP contribution < -0.4 is 9.47 Å². The Kier molecular flexibility index (Phi) is 4.55. The highest BCUT2D eigenvalue weighted by Crippen LogP contribution is 2.40. The van der Waals surface area contributed by atoms with E-state index in [0.29, 0.717) is 17.1 Å². The first-order chi connectivity index (χ1) is 9.47. The van der Waals surface area contributed by atoms with E-state index in [0.717, 1.165) is 10.4 Å². The number of hydrogen-bond donors (Lipinski definition) is 0. The van der Waals surface area contributed by atoms with Crippen molar-refractivity contribution >= 4 is 22.9 Å². The van der Waals surface area contributed by atoms with Crippen molar-refractivity contribution in [3.8, 4) is 11.5 Å². The Morgan fingerprint density at radius 1 is 1.10 bits per heavy atom. The van der Waals surface area contributed by atoms with Gasteiger partial charge in [0.15, 0.2) is 11.5 Å². The van der Waals surface area contributed by atoms with Gasteiger partial charge in [-0.1, -0.05) is 0 Å². The normalized spacial score (nSPS) is 12.3. The molecule has 2 nitrogen and oxygen atoms in total. The van der Waals surface area contributed by atoms with E-state index in [4.69, 9.17) is 21.1 Å². The zero-order valence-corrected chi connectivity index (χ0v) is 13.4. The first-order valence-corrected chi connectivity index (χ1v) is 7.35. The Hall–Kier alpha value is -1.26.